The molecule has 0 fully saturated rings. The molecule has 0 atom stereocenters. The van der Waals surface area contributed by atoms with Gasteiger partial charge in [-0.2, -0.15) is 0 Å². The fraction of sp³-hybridized carbons (Fsp3) is 0.333. The van der Waals surface area contributed by atoms with Gasteiger partial charge in [-0.25, -0.2) is 4.98 Å². The molecule has 5 heteroatoms. The Morgan fingerprint density at radius 3 is 2.60 bits per heavy atom. The van der Waals surface area contributed by atoms with E-state index in [-0.39, 0.29) is 0 Å². The van der Waals surface area contributed by atoms with Gasteiger partial charge in [-0.15, -0.1) is 11.3 Å². The second-order valence-corrected chi connectivity index (χ2v) is 6.28. The number of nitrogens with two attached hydrogens (primary N) is 1. The van der Waals surface area contributed by atoms with Gasteiger partial charge in [0.05, 0.1) is 22.2 Å². The Balaban J connectivity index is 2.00. The number of thiocarbonyl (C=S) groups is 1. The number of hydrogen-bond donors (Lipinski definition) is 1. The highest BCUT2D eigenvalue weighted by Crippen LogP contribution is 2.25. The van der Waals surface area contributed by atoms with Crippen molar-refractivity contribution < 1.29 is 4.74 Å². The monoisotopic (exact) mass is 306 g/mol. The Hall–Kier alpha value is -1.46. The van der Waals surface area contributed by atoms with Gasteiger partial charge in [0.25, 0.3) is 0 Å². The Bertz CT molecular complexity index is 579. The first kappa shape index (κ1) is 14.9. The second kappa shape index (κ2) is 6.81. The van der Waals surface area contributed by atoms with Crippen molar-refractivity contribution in [2.24, 2.45) is 5.73 Å². The van der Waals surface area contributed by atoms with E-state index < -0.39 is 0 Å². The van der Waals surface area contributed by atoms with E-state index in [4.69, 9.17) is 22.7 Å². The summed E-state index contributed by atoms with van der Waals surface area (Å²) in [4.78, 5) is 6.00. The minimum atomic E-state index is 0.326. The van der Waals surface area contributed by atoms with E-state index in [1.807, 2.05) is 30.3 Å². The van der Waals surface area contributed by atoms with Gasteiger partial charge in [0.1, 0.15) is 10.7 Å². The van der Waals surface area contributed by atoms with E-state index in [1.165, 1.54) is 0 Å². The van der Waals surface area contributed by atoms with Gasteiger partial charge in [-0.1, -0.05) is 44.3 Å². The maximum atomic E-state index is 5.76. The molecular formula is C15H18N2OS2. The molecule has 1 heterocycles. The van der Waals surface area contributed by atoms with Crippen LogP contribution in [0.5, 0.6) is 5.75 Å². The quantitative estimate of drug-likeness (QED) is 0.830. The molecule has 2 N–H and O–H groups in total. The molecule has 0 amide bonds. The third kappa shape index (κ3) is 3.77. The SMILES string of the molecule is CC(C)c1nc(CCOc2ccccc2)sc1C(N)=S. The van der Waals surface area contributed by atoms with E-state index in [2.05, 4.69) is 18.8 Å². The van der Waals surface area contributed by atoms with Crippen LogP contribution in [-0.4, -0.2) is 16.6 Å². The molecular weight excluding hydrogens is 288 g/mol. The average Bonchev–Trinajstić information content (AvgIpc) is 2.85. The highest BCUT2D eigenvalue weighted by molar-refractivity contribution is 7.81. The fourth-order valence-electron chi connectivity index (χ4n) is 1.83. The maximum Gasteiger partial charge on any atom is 0.119 e. The lowest BCUT2D eigenvalue weighted by Crippen LogP contribution is -2.10. The number of benzene rings is 1. The number of hydrogen-bond acceptors (Lipinski definition) is 4. The van der Waals surface area contributed by atoms with Crippen LogP contribution < -0.4 is 10.5 Å². The van der Waals surface area contributed by atoms with Crippen molar-refractivity contribution in [3.8, 4) is 5.75 Å². The van der Waals surface area contributed by atoms with E-state index in [9.17, 15) is 0 Å². The molecule has 1 aromatic heterocycles. The minimum Gasteiger partial charge on any atom is -0.493 e. The largest absolute Gasteiger partial charge is 0.493 e. The third-order valence-electron chi connectivity index (χ3n) is 2.80. The molecule has 2 aromatic rings. The standard InChI is InChI=1S/C15H18N2OS2/c1-10(2)13-14(15(16)19)20-12(17-13)8-9-18-11-6-4-3-5-7-11/h3-7,10H,8-9H2,1-2H3,(H2,16,19). The molecule has 0 saturated carbocycles. The van der Waals surface area contributed by atoms with Crippen molar-refractivity contribution in [3.63, 3.8) is 0 Å². The minimum absolute atomic E-state index is 0.326. The van der Waals surface area contributed by atoms with Crippen molar-refractivity contribution in [1.29, 1.82) is 0 Å². The first-order chi connectivity index (χ1) is 9.58. The Kier molecular flexibility index (Phi) is 5.09. The van der Waals surface area contributed by atoms with Crippen molar-refractivity contribution in [1.82, 2.24) is 4.98 Å². The van der Waals surface area contributed by atoms with Gasteiger partial charge in [-0.3, -0.25) is 0 Å². The lowest BCUT2D eigenvalue weighted by Gasteiger charge is -2.04. The van der Waals surface area contributed by atoms with E-state index in [0.717, 1.165) is 27.7 Å². The summed E-state index contributed by atoms with van der Waals surface area (Å²) in [6.45, 7) is 4.80. The molecule has 0 spiro atoms. The number of rotatable bonds is 6. The molecule has 106 valence electrons. The molecule has 0 aliphatic rings. The topological polar surface area (TPSA) is 48.1 Å². The highest BCUT2D eigenvalue weighted by Gasteiger charge is 2.15. The number of aromatic nitrogens is 1. The number of nitrogens with zero attached hydrogens (tertiary/aromatic N) is 1. The van der Waals surface area contributed by atoms with E-state index >= 15 is 0 Å². The van der Waals surface area contributed by atoms with Crippen molar-refractivity contribution in [2.75, 3.05) is 6.61 Å². The molecule has 0 aliphatic carbocycles. The predicted molar refractivity (Wildman–Crippen MR) is 87.7 cm³/mol. The smallest absolute Gasteiger partial charge is 0.119 e. The van der Waals surface area contributed by atoms with Crippen LogP contribution in [0.3, 0.4) is 0 Å². The van der Waals surface area contributed by atoms with Crippen LogP contribution in [0.4, 0.5) is 0 Å². The van der Waals surface area contributed by atoms with Crippen molar-refractivity contribution >= 4 is 28.5 Å². The molecule has 0 bridgehead atoms. The molecule has 0 radical (unpaired) electrons. The van der Waals surface area contributed by atoms with Crippen molar-refractivity contribution in [3.05, 3.63) is 45.9 Å². The fourth-order valence-corrected chi connectivity index (χ4v) is 3.11. The molecule has 20 heavy (non-hydrogen) atoms. The third-order valence-corrected chi connectivity index (χ3v) is 4.29. The van der Waals surface area contributed by atoms with Crippen LogP contribution in [0.2, 0.25) is 0 Å². The van der Waals surface area contributed by atoms with Crippen LogP contribution in [0.1, 0.15) is 35.3 Å². The summed E-state index contributed by atoms with van der Waals surface area (Å²) < 4.78 is 5.68. The van der Waals surface area contributed by atoms with Gasteiger partial charge >= 0.3 is 0 Å². The van der Waals surface area contributed by atoms with E-state index in [0.29, 0.717) is 17.5 Å². The van der Waals surface area contributed by atoms with Gasteiger partial charge in [-0.05, 0) is 18.1 Å². The summed E-state index contributed by atoms with van der Waals surface area (Å²) in [6, 6.07) is 9.78. The molecule has 3 nitrogen and oxygen atoms in total. The Morgan fingerprint density at radius 2 is 2.05 bits per heavy atom. The summed E-state index contributed by atoms with van der Waals surface area (Å²) >= 11 is 6.66. The van der Waals surface area contributed by atoms with E-state index in [1.54, 1.807) is 11.3 Å². The lowest BCUT2D eigenvalue weighted by atomic mass is 10.1. The molecule has 0 saturated heterocycles. The zero-order valence-electron chi connectivity index (χ0n) is 11.6. The first-order valence-electron chi connectivity index (χ1n) is 6.55. The molecule has 0 unspecified atom stereocenters. The van der Waals surface area contributed by atoms with Gasteiger partial charge < -0.3 is 10.5 Å². The Labute approximate surface area is 128 Å². The molecule has 0 aliphatic heterocycles. The van der Waals surface area contributed by atoms with Crippen LogP contribution >= 0.6 is 23.6 Å². The molecule has 1 aromatic carbocycles. The van der Waals surface area contributed by atoms with Crippen LogP contribution in [-0.2, 0) is 6.42 Å². The zero-order chi connectivity index (χ0) is 14.5. The second-order valence-electron chi connectivity index (χ2n) is 4.75. The van der Waals surface area contributed by atoms with Crippen LogP contribution in [0, 0.1) is 0 Å². The van der Waals surface area contributed by atoms with Gasteiger partial charge in [0.15, 0.2) is 0 Å². The van der Waals surface area contributed by atoms with Gasteiger partial charge in [0, 0.05) is 6.42 Å². The summed E-state index contributed by atoms with van der Waals surface area (Å²) in [5.74, 6) is 1.20. The Morgan fingerprint density at radius 1 is 1.35 bits per heavy atom. The predicted octanol–water partition coefficient (Wildman–Crippen LogP) is 3.52. The van der Waals surface area contributed by atoms with Crippen molar-refractivity contribution in [2.45, 2.75) is 26.2 Å². The summed E-state index contributed by atoms with van der Waals surface area (Å²) in [5, 5.41) is 1.02. The zero-order valence-corrected chi connectivity index (χ0v) is 13.3. The summed E-state index contributed by atoms with van der Waals surface area (Å²) in [7, 11) is 0. The summed E-state index contributed by atoms with van der Waals surface area (Å²) in [5.41, 5.74) is 6.75. The highest BCUT2D eigenvalue weighted by atomic mass is 32.1. The lowest BCUT2D eigenvalue weighted by molar-refractivity contribution is 0.321. The molecule has 2 rings (SSSR count). The number of ether oxygens (including phenoxy) is 1. The maximum absolute atomic E-state index is 5.76. The number of thiazole rings is 1. The van der Waals surface area contributed by atoms with Gasteiger partial charge in [0.2, 0.25) is 0 Å². The summed E-state index contributed by atoms with van der Waals surface area (Å²) in [6.07, 6.45) is 0.766. The normalized spacial score (nSPS) is 10.8. The average molecular weight is 306 g/mol. The van der Waals surface area contributed by atoms with Crippen LogP contribution in [0.25, 0.3) is 0 Å². The van der Waals surface area contributed by atoms with Crippen LogP contribution in [0.15, 0.2) is 30.3 Å². The first-order valence-corrected chi connectivity index (χ1v) is 7.77. The number of para-hydroxylation sites is 1.